The molecule has 0 unspecified atom stereocenters. The molecule has 0 amide bonds. The molecule has 2 aromatic rings. The number of halogens is 1. The highest BCUT2D eigenvalue weighted by atomic mass is 35.5. The Labute approximate surface area is 124 Å². The molecule has 6 nitrogen and oxygen atoms in total. The van der Waals surface area contributed by atoms with Crippen LogP contribution in [0.25, 0.3) is 0 Å². The highest BCUT2D eigenvalue weighted by Crippen LogP contribution is 2.39. The van der Waals surface area contributed by atoms with Gasteiger partial charge >= 0.3 is 0 Å². The summed E-state index contributed by atoms with van der Waals surface area (Å²) in [6.45, 7) is 1.75. The Balaban J connectivity index is 2.49. The maximum absolute atomic E-state index is 11.1. The number of nitrogens with zero attached hydrogens (tertiary/aromatic N) is 3. The molecule has 1 heterocycles. The van der Waals surface area contributed by atoms with Gasteiger partial charge in [0.05, 0.1) is 16.9 Å². The van der Waals surface area contributed by atoms with Gasteiger partial charge in [0.2, 0.25) is 0 Å². The molecule has 0 radical (unpaired) electrons. The largest absolute Gasteiger partial charge is 0.496 e. The molecule has 8 heteroatoms. The predicted octanol–water partition coefficient (Wildman–Crippen LogP) is 3.51. The lowest BCUT2D eigenvalue weighted by atomic mass is 10.2. The van der Waals surface area contributed by atoms with E-state index in [1.807, 2.05) is 0 Å². The van der Waals surface area contributed by atoms with Gasteiger partial charge in [0.15, 0.2) is 5.15 Å². The summed E-state index contributed by atoms with van der Waals surface area (Å²) in [5.74, 6) is 0.568. The van der Waals surface area contributed by atoms with Crippen molar-refractivity contribution >= 4 is 29.1 Å². The molecule has 0 aliphatic carbocycles. The zero-order valence-electron chi connectivity index (χ0n) is 10.7. The van der Waals surface area contributed by atoms with E-state index in [4.69, 9.17) is 16.3 Å². The third-order valence-electron chi connectivity index (χ3n) is 2.50. The maximum atomic E-state index is 11.1. The molecule has 2 rings (SSSR count). The highest BCUT2D eigenvalue weighted by Gasteiger charge is 2.19. The summed E-state index contributed by atoms with van der Waals surface area (Å²) in [6.07, 6.45) is 2.93. The van der Waals surface area contributed by atoms with Crippen LogP contribution in [-0.2, 0) is 0 Å². The number of aryl methyl sites for hydroxylation is 1. The standard InChI is InChI=1S/C12H10ClN3O3S/c1-7-5-8(16(17)18)10(6-9(7)19-2)20-12-11(13)14-3-4-15-12/h3-6H,1-2H3. The lowest BCUT2D eigenvalue weighted by Gasteiger charge is -2.08. The summed E-state index contributed by atoms with van der Waals surface area (Å²) in [6, 6.07) is 3.06. The number of aromatic nitrogens is 2. The van der Waals surface area contributed by atoms with Gasteiger partial charge in [0.25, 0.3) is 5.69 Å². The van der Waals surface area contributed by atoms with Crippen LogP contribution in [0.4, 0.5) is 5.69 Å². The van der Waals surface area contributed by atoms with Crippen LogP contribution in [0.2, 0.25) is 5.15 Å². The number of ether oxygens (including phenoxy) is 1. The molecule has 0 saturated heterocycles. The van der Waals surface area contributed by atoms with Gasteiger partial charge in [-0.05, 0) is 12.5 Å². The van der Waals surface area contributed by atoms with Crippen molar-refractivity contribution in [2.75, 3.05) is 7.11 Å². The van der Waals surface area contributed by atoms with E-state index in [2.05, 4.69) is 9.97 Å². The lowest BCUT2D eigenvalue weighted by molar-refractivity contribution is -0.387. The molecule has 1 aromatic carbocycles. The molecule has 0 aliphatic rings. The quantitative estimate of drug-likeness (QED) is 0.635. The van der Waals surface area contributed by atoms with Gasteiger partial charge in [-0.2, -0.15) is 0 Å². The average Bonchev–Trinajstić information content (AvgIpc) is 2.42. The van der Waals surface area contributed by atoms with E-state index in [1.54, 1.807) is 13.0 Å². The SMILES string of the molecule is COc1cc(Sc2nccnc2Cl)c([N+](=O)[O-])cc1C. The first-order valence-electron chi connectivity index (χ1n) is 5.50. The van der Waals surface area contributed by atoms with E-state index in [0.29, 0.717) is 21.2 Å². The summed E-state index contributed by atoms with van der Waals surface area (Å²) in [7, 11) is 1.51. The van der Waals surface area contributed by atoms with Crippen molar-refractivity contribution in [3.8, 4) is 5.75 Å². The van der Waals surface area contributed by atoms with Gasteiger partial charge in [0.1, 0.15) is 10.8 Å². The van der Waals surface area contributed by atoms with Crippen LogP contribution in [0.5, 0.6) is 5.75 Å². The van der Waals surface area contributed by atoms with E-state index in [1.165, 1.54) is 25.6 Å². The van der Waals surface area contributed by atoms with Crippen molar-refractivity contribution in [3.63, 3.8) is 0 Å². The Hall–Kier alpha value is -1.86. The zero-order valence-corrected chi connectivity index (χ0v) is 12.2. The number of benzene rings is 1. The molecule has 0 fully saturated rings. The number of methoxy groups -OCH3 is 1. The van der Waals surface area contributed by atoms with Crippen molar-refractivity contribution < 1.29 is 9.66 Å². The Morgan fingerprint density at radius 1 is 1.35 bits per heavy atom. The summed E-state index contributed by atoms with van der Waals surface area (Å²) >= 11 is 7.00. The molecule has 0 atom stereocenters. The maximum Gasteiger partial charge on any atom is 0.283 e. The van der Waals surface area contributed by atoms with E-state index in [0.717, 1.165) is 11.8 Å². The lowest BCUT2D eigenvalue weighted by Crippen LogP contribution is -1.95. The fourth-order valence-electron chi connectivity index (χ4n) is 1.58. The van der Waals surface area contributed by atoms with Gasteiger partial charge in [-0.1, -0.05) is 23.4 Å². The highest BCUT2D eigenvalue weighted by molar-refractivity contribution is 7.99. The van der Waals surface area contributed by atoms with Crippen LogP contribution >= 0.6 is 23.4 Å². The summed E-state index contributed by atoms with van der Waals surface area (Å²) in [4.78, 5) is 19.0. The Morgan fingerprint density at radius 3 is 2.65 bits per heavy atom. The van der Waals surface area contributed by atoms with Gasteiger partial charge in [-0.25, -0.2) is 9.97 Å². The third-order valence-corrected chi connectivity index (χ3v) is 3.93. The summed E-state index contributed by atoms with van der Waals surface area (Å²) in [5.41, 5.74) is 0.670. The van der Waals surface area contributed by atoms with Gasteiger partial charge in [-0.3, -0.25) is 10.1 Å². The Morgan fingerprint density at radius 2 is 2.05 bits per heavy atom. The third kappa shape index (κ3) is 3.00. The van der Waals surface area contributed by atoms with Crippen molar-refractivity contribution in [1.29, 1.82) is 0 Å². The molecule has 20 heavy (non-hydrogen) atoms. The minimum atomic E-state index is -0.445. The molecule has 0 N–H and O–H groups in total. The van der Waals surface area contributed by atoms with Crippen LogP contribution in [0.1, 0.15) is 5.56 Å². The second kappa shape index (κ2) is 6.06. The van der Waals surface area contributed by atoms with Crippen molar-refractivity contribution in [1.82, 2.24) is 9.97 Å². The molecular weight excluding hydrogens is 302 g/mol. The molecule has 104 valence electrons. The van der Waals surface area contributed by atoms with Crippen LogP contribution in [0, 0.1) is 17.0 Å². The Bertz CT molecular complexity index is 666. The van der Waals surface area contributed by atoms with Crippen LogP contribution < -0.4 is 4.74 Å². The normalized spacial score (nSPS) is 10.3. The fraction of sp³-hybridized carbons (Fsp3) is 0.167. The Kier molecular flexibility index (Phi) is 4.41. The number of nitro benzene ring substituents is 1. The number of hydrogen-bond acceptors (Lipinski definition) is 6. The molecule has 0 aliphatic heterocycles. The summed E-state index contributed by atoms with van der Waals surface area (Å²) in [5, 5.41) is 11.7. The molecular formula is C12H10ClN3O3S. The number of nitro groups is 1. The second-order valence-corrected chi connectivity index (χ2v) is 5.19. The molecule has 1 aromatic heterocycles. The van der Waals surface area contributed by atoms with E-state index >= 15 is 0 Å². The first kappa shape index (κ1) is 14.5. The van der Waals surface area contributed by atoms with Crippen molar-refractivity contribution in [2.24, 2.45) is 0 Å². The van der Waals surface area contributed by atoms with E-state index < -0.39 is 4.92 Å². The van der Waals surface area contributed by atoms with Crippen LogP contribution in [-0.4, -0.2) is 22.0 Å². The number of rotatable bonds is 4. The van der Waals surface area contributed by atoms with Gasteiger partial charge < -0.3 is 4.74 Å². The predicted molar refractivity (Wildman–Crippen MR) is 75.6 cm³/mol. The van der Waals surface area contributed by atoms with Crippen molar-refractivity contribution in [2.45, 2.75) is 16.8 Å². The van der Waals surface area contributed by atoms with Crippen LogP contribution in [0.15, 0.2) is 34.4 Å². The molecule has 0 spiro atoms. The van der Waals surface area contributed by atoms with Crippen molar-refractivity contribution in [3.05, 3.63) is 45.4 Å². The number of hydrogen-bond donors (Lipinski definition) is 0. The monoisotopic (exact) mass is 311 g/mol. The summed E-state index contributed by atoms with van der Waals surface area (Å²) < 4.78 is 5.18. The fourth-order valence-corrected chi connectivity index (χ4v) is 2.66. The van der Waals surface area contributed by atoms with Gasteiger partial charge in [0, 0.05) is 24.5 Å². The first-order chi connectivity index (χ1) is 9.52. The zero-order chi connectivity index (χ0) is 14.7. The average molecular weight is 312 g/mol. The smallest absolute Gasteiger partial charge is 0.283 e. The second-order valence-electron chi connectivity index (χ2n) is 3.80. The first-order valence-corrected chi connectivity index (χ1v) is 6.69. The molecule has 0 bridgehead atoms. The topological polar surface area (TPSA) is 78.2 Å². The van der Waals surface area contributed by atoms with E-state index in [-0.39, 0.29) is 10.8 Å². The van der Waals surface area contributed by atoms with Gasteiger partial charge in [-0.15, -0.1) is 0 Å². The minimum Gasteiger partial charge on any atom is -0.496 e. The minimum absolute atomic E-state index is 0.0185. The van der Waals surface area contributed by atoms with E-state index in [9.17, 15) is 10.1 Å². The van der Waals surface area contributed by atoms with Crippen LogP contribution in [0.3, 0.4) is 0 Å². The molecule has 0 saturated carbocycles.